The third-order valence-corrected chi connectivity index (χ3v) is 3.35. The fourth-order valence-electron chi connectivity index (χ4n) is 1.74. The predicted molar refractivity (Wildman–Crippen MR) is 77.0 cm³/mol. The van der Waals surface area contributed by atoms with E-state index in [1.807, 2.05) is 32.3 Å². The molecule has 5 nitrogen and oxygen atoms in total. The first-order chi connectivity index (χ1) is 9.13. The molecule has 1 heterocycles. The van der Waals surface area contributed by atoms with E-state index in [1.54, 1.807) is 25.1 Å². The average Bonchev–Trinajstić information content (AvgIpc) is 2.81. The van der Waals surface area contributed by atoms with E-state index in [2.05, 4.69) is 9.82 Å². The van der Waals surface area contributed by atoms with Gasteiger partial charge < -0.3 is 14.2 Å². The molecule has 1 aromatic carbocycles. The molecule has 0 aliphatic rings. The highest BCUT2D eigenvalue weighted by molar-refractivity contribution is 8.00. The lowest BCUT2D eigenvalue weighted by molar-refractivity contribution is 0.356. The maximum atomic E-state index is 5.39. The number of methoxy groups -OCH3 is 2. The average molecular weight is 279 g/mol. The number of anilines is 1. The van der Waals surface area contributed by atoms with Crippen molar-refractivity contribution in [3.63, 3.8) is 0 Å². The second kappa shape index (κ2) is 5.88. The van der Waals surface area contributed by atoms with Gasteiger partial charge in [0.2, 0.25) is 0 Å². The fraction of sp³-hybridized carbons (Fsp3) is 0.308. The third kappa shape index (κ3) is 3.14. The van der Waals surface area contributed by atoms with Crippen LogP contribution in [0.4, 0.5) is 5.69 Å². The van der Waals surface area contributed by atoms with Gasteiger partial charge in [-0.25, -0.2) is 0 Å². The van der Waals surface area contributed by atoms with Crippen LogP contribution in [0.15, 0.2) is 29.4 Å². The first kappa shape index (κ1) is 13.6. The van der Waals surface area contributed by atoms with Gasteiger partial charge in [-0.2, -0.15) is 5.10 Å². The van der Waals surface area contributed by atoms with Crippen LogP contribution in [0.1, 0.15) is 5.56 Å². The minimum atomic E-state index is 0.699. The number of ether oxygens (including phenoxy) is 2. The maximum Gasteiger partial charge on any atom is 0.184 e. The van der Waals surface area contributed by atoms with Gasteiger partial charge in [-0.15, -0.1) is 0 Å². The minimum absolute atomic E-state index is 0.699. The van der Waals surface area contributed by atoms with Crippen LogP contribution in [0.3, 0.4) is 0 Å². The Kier molecular flexibility index (Phi) is 4.21. The number of nitrogens with zero attached hydrogens (tertiary/aromatic N) is 2. The monoisotopic (exact) mass is 279 g/mol. The Bertz CT molecular complexity index is 569. The molecule has 0 radical (unpaired) electrons. The minimum Gasteiger partial charge on any atom is -0.493 e. The molecule has 102 valence electrons. The highest BCUT2D eigenvalue weighted by Crippen LogP contribution is 2.38. The van der Waals surface area contributed by atoms with E-state index in [0.717, 1.165) is 21.9 Å². The van der Waals surface area contributed by atoms with E-state index < -0.39 is 0 Å². The number of aryl methyl sites for hydroxylation is 2. The van der Waals surface area contributed by atoms with Crippen molar-refractivity contribution >= 4 is 17.6 Å². The summed E-state index contributed by atoms with van der Waals surface area (Å²) in [5.74, 6) is 1.42. The molecule has 6 heteroatoms. The molecule has 0 saturated carbocycles. The van der Waals surface area contributed by atoms with Crippen molar-refractivity contribution in [2.45, 2.75) is 11.8 Å². The van der Waals surface area contributed by atoms with Crippen molar-refractivity contribution in [2.75, 3.05) is 18.9 Å². The number of aromatic nitrogens is 2. The first-order valence-corrected chi connectivity index (χ1v) is 6.60. The summed E-state index contributed by atoms with van der Waals surface area (Å²) in [6.45, 7) is 2.02. The lowest BCUT2D eigenvalue weighted by atomic mass is 10.2. The van der Waals surface area contributed by atoms with Gasteiger partial charge in [0.1, 0.15) is 0 Å². The Morgan fingerprint density at radius 3 is 2.63 bits per heavy atom. The molecule has 2 aromatic rings. The second-order valence-corrected chi connectivity index (χ2v) is 4.98. The normalized spacial score (nSPS) is 10.3. The molecule has 2 rings (SSSR count). The van der Waals surface area contributed by atoms with Crippen LogP contribution in [-0.2, 0) is 7.05 Å². The molecular formula is C13H17N3O2S. The molecule has 0 saturated heterocycles. The molecule has 1 aromatic heterocycles. The summed E-state index contributed by atoms with van der Waals surface area (Å²) in [5.41, 5.74) is 1.99. The van der Waals surface area contributed by atoms with Crippen molar-refractivity contribution in [2.24, 2.45) is 7.05 Å². The molecule has 0 atom stereocenters. The zero-order chi connectivity index (χ0) is 13.8. The molecular weight excluding hydrogens is 262 g/mol. The summed E-state index contributed by atoms with van der Waals surface area (Å²) >= 11 is 1.48. The Hall–Kier alpha value is -1.82. The summed E-state index contributed by atoms with van der Waals surface area (Å²) in [6, 6.07) is 3.96. The van der Waals surface area contributed by atoms with Crippen LogP contribution in [0.2, 0.25) is 0 Å². The van der Waals surface area contributed by atoms with Gasteiger partial charge in [0.15, 0.2) is 11.5 Å². The molecule has 0 aliphatic carbocycles. The van der Waals surface area contributed by atoms with Crippen molar-refractivity contribution < 1.29 is 9.47 Å². The number of nitrogens with one attached hydrogen (secondary N) is 1. The van der Waals surface area contributed by atoms with Gasteiger partial charge in [0, 0.05) is 13.2 Å². The van der Waals surface area contributed by atoms with Crippen LogP contribution in [0.5, 0.6) is 11.5 Å². The standard InChI is InChI=1S/C13H17N3O2S/c1-9-5-11(13(18-4)12(6-9)17-3)15-19-10-7-14-16(2)8-10/h5-8,15H,1-4H3. The molecule has 1 N–H and O–H groups in total. The lowest BCUT2D eigenvalue weighted by Gasteiger charge is -2.14. The van der Waals surface area contributed by atoms with Crippen LogP contribution >= 0.6 is 11.9 Å². The smallest absolute Gasteiger partial charge is 0.184 e. The van der Waals surface area contributed by atoms with Crippen LogP contribution in [-0.4, -0.2) is 24.0 Å². The SMILES string of the molecule is COc1cc(C)cc(NSc2cnn(C)c2)c1OC. The Labute approximate surface area is 117 Å². The number of benzene rings is 1. The number of rotatable bonds is 5. The lowest BCUT2D eigenvalue weighted by Crippen LogP contribution is -1.96. The van der Waals surface area contributed by atoms with Gasteiger partial charge in [-0.3, -0.25) is 4.68 Å². The molecule has 0 bridgehead atoms. The van der Waals surface area contributed by atoms with E-state index >= 15 is 0 Å². The van der Waals surface area contributed by atoms with E-state index in [1.165, 1.54) is 11.9 Å². The molecule has 0 unspecified atom stereocenters. The summed E-state index contributed by atoms with van der Waals surface area (Å²) in [5, 5.41) is 4.12. The van der Waals surface area contributed by atoms with E-state index in [0.29, 0.717) is 5.75 Å². The zero-order valence-corrected chi connectivity index (χ0v) is 12.2. The summed E-state index contributed by atoms with van der Waals surface area (Å²) in [4.78, 5) is 1.03. The van der Waals surface area contributed by atoms with E-state index in [-0.39, 0.29) is 0 Å². The van der Waals surface area contributed by atoms with Gasteiger partial charge in [0.05, 0.1) is 31.0 Å². The molecule has 0 amide bonds. The highest BCUT2D eigenvalue weighted by atomic mass is 32.2. The van der Waals surface area contributed by atoms with E-state index in [9.17, 15) is 0 Å². The Balaban J connectivity index is 2.21. The first-order valence-electron chi connectivity index (χ1n) is 5.78. The number of hydrogen-bond acceptors (Lipinski definition) is 5. The van der Waals surface area contributed by atoms with Crippen LogP contribution in [0.25, 0.3) is 0 Å². The summed E-state index contributed by atoms with van der Waals surface area (Å²) in [7, 11) is 5.16. The van der Waals surface area contributed by atoms with Crippen molar-refractivity contribution in [3.05, 3.63) is 30.1 Å². The summed E-state index contributed by atoms with van der Waals surface area (Å²) in [6.07, 6.45) is 3.74. The zero-order valence-electron chi connectivity index (χ0n) is 11.4. The maximum absolute atomic E-state index is 5.39. The molecule has 0 fully saturated rings. The van der Waals surface area contributed by atoms with Crippen molar-refractivity contribution in [1.29, 1.82) is 0 Å². The molecule has 19 heavy (non-hydrogen) atoms. The topological polar surface area (TPSA) is 48.3 Å². The molecule has 0 spiro atoms. The van der Waals surface area contributed by atoms with Gasteiger partial charge in [0.25, 0.3) is 0 Å². The van der Waals surface area contributed by atoms with Crippen molar-refractivity contribution in [1.82, 2.24) is 9.78 Å². The van der Waals surface area contributed by atoms with E-state index in [4.69, 9.17) is 9.47 Å². The van der Waals surface area contributed by atoms with Gasteiger partial charge in [-0.05, 0) is 36.6 Å². The third-order valence-electron chi connectivity index (χ3n) is 2.58. The van der Waals surface area contributed by atoms with Gasteiger partial charge >= 0.3 is 0 Å². The van der Waals surface area contributed by atoms with Crippen molar-refractivity contribution in [3.8, 4) is 11.5 Å². The van der Waals surface area contributed by atoms with Crippen LogP contribution < -0.4 is 14.2 Å². The Morgan fingerprint density at radius 2 is 2.05 bits per heavy atom. The highest BCUT2D eigenvalue weighted by Gasteiger charge is 2.11. The molecule has 0 aliphatic heterocycles. The quantitative estimate of drug-likeness (QED) is 0.853. The number of hydrogen-bond donors (Lipinski definition) is 1. The van der Waals surface area contributed by atoms with Gasteiger partial charge in [-0.1, -0.05) is 0 Å². The largest absolute Gasteiger partial charge is 0.493 e. The predicted octanol–water partition coefficient (Wildman–Crippen LogP) is 2.86. The Morgan fingerprint density at radius 1 is 1.26 bits per heavy atom. The second-order valence-electron chi connectivity index (χ2n) is 4.10. The fourth-order valence-corrected chi connectivity index (χ4v) is 2.43. The van der Waals surface area contributed by atoms with Crippen LogP contribution in [0, 0.1) is 6.92 Å². The summed E-state index contributed by atoms with van der Waals surface area (Å²) < 4.78 is 15.7.